The van der Waals surface area contributed by atoms with E-state index in [2.05, 4.69) is 0 Å². The molecule has 1 N–H and O–H groups in total. The molecule has 1 heterocycles. The van der Waals surface area contributed by atoms with Gasteiger partial charge in [0.25, 0.3) is 0 Å². The lowest BCUT2D eigenvalue weighted by Gasteiger charge is -2.17. The van der Waals surface area contributed by atoms with Crippen molar-refractivity contribution in [1.29, 1.82) is 0 Å². The van der Waals surface area contributed by atoms with Crippen LogP contribution in [0.4, 0.5) is 0 Å². The van der Waals surface area contributed by atoms with Crippen LogP contribution in [-0.2, 0) is 9.53 Å². The summed E-state index contributed by atoms with van der Waals surface area (Å²) < 4.78 is 16.4. The van der Waals surface area contributed by atoms with Crippen molar-refractivity contribution in [2.75, 3.05) is 6.61 Å². The van der Waals surface area contributed by atoms with Crippen LogP contribution in [0.25, 0.3) is 11.0 Å². The van der Waals surface area contributed by atoms with E-state index in [1.165, 1.54) is 13.0 Å². The summed E-state index contributed by atoms with van der Waals surface area (Å²) in [6, 6.07) is 8.41. The van der Waals surface area contributed by atoms with Gasteiger partial charge in [-0.15, -0.1) is 0 Å². The van der Waals surface area contributed by atoms with Gasteiger partial charge in [0, 0.05) is 30.9 Å². The van der Waals surface area contributed by atoms with Crippen LogP contribution in [0.3, 0.4) is 0 Å². The van der Waals surface area contributed by atoms with Crippen molar-refractivity contribution in [2.24, 2.45) is 0 Å². The molecule has 0 spiro atoms. The van der Waals surface area contributed by atoms with Gasteiger partial charge in [-0.2, -0.15) is 0 Å². The Labute approximate surface area is 188 Å². The Balaban J connectivity index is 2.01. The molecule has 0 amide bonds. The fraction of sp³-hybridized carbons (Fsp3) is 0.385. The lowest BCUT2D eigenvalue weighted by molar-refractivity contribution is -0.144. The Kier molecular flexibility index (Phi) is 9.47. The molecule has 0 aliphatic rings. The molecular formula is C26H32O6. The summed E-state index contributed by atoms with van der Waals surface area (Å²) in [4.78, 5) is 22.9. The number of ether oxygens (including phenoxy) is 2. The quantitative estimate of drug-likeness (QED) is 0.314. The zero-order valence-corrected chi connectivity index (χ0v) is 19.4. The second-order valence-electron chi connectivity index (χ2n) is 8.11. The zero-order chi connectivity index (χ0) is 23.7. The molecule has 0 fully saturated rings. The van der Waals surface area contributed by atoms with Gasteiger partial charge in [0.2, 0.25) is 0 Å². The largest absolute Gasteiger partial charge is 0.489 e. The average molecular weight is 441 g/mol. The van der Waals surface area contributed by atoms with Gasteiger partial charge in [0.05, 0.1) is 6.10 Å². The monoisotopic (exact) mass is 440 g/mol. The molecule has 6 heteroatoms. The van der Waals surface area contributed by atoms with Crippen molar-refractivity contribution in [3.8, 4) is 5.75 Å². The van der Waals surface area contributed by atoms with E-state index >= 15 is 0 Å². The first-order chi connectivity index (χ1) is 15.1. The predicted octanol–water partition coefficient (Wildman–Crippen LogP) is 5.10. The molecule has 172 valence electrons. The van der Waals surface area contributed by atoms with Crippen molar-refractivity contribution in [1.82, 2.24) is 0 Å². The fourth-order valence-electron chi connectivity index (χ4n) is 3.10. The molecule has 0 saturated carbocycles. The van der Waals surface area contributed by atoms with Gasteiger partial charge in [0.15, 0.2) is 0 Å². The topological polar surface area (TPSA) is 86.0 Å². The van der Waals surface area contributed by atoms with Crippen molar-refractivity contribution in [2.45, 2.75) is 59.7 Å². The van der Waals surface area contributed by atoms with Crippen molar-refractivity contribution >= 4 is 16.9 Å². The SMILES string of the molecule is CC(=O)O[C@H](C=C(C)[C@H](O)CC=C(C)C)CC(C)=CCOc1ccc2ccc(=O)oc2c1. The minimum atomic E-state index is -0.622. The maximum atomic E-state index is 11.5. The van der Waals surface area contributed by atoms with Crippen LogP contribution in [-0.4, -0.2) is 29.9 Å². The highest BCUT2D eigenvalue weighted by Gasteiger charge is 2.13. The van der Waals surface area contributed by atoms with Crippen LogP contribution in [0, 0.1) is 0 Å². The number of rotatable bonds is 10. The molecule has 0 aliphatic carbocycles. The summed E-state index contributed by atoms with van der Waals surface area (Å²) in [7, 11) is 0. The smallest absolute Gasteiger partial charge is 0.336 e. The second kappa shape index (κ2) is 12.1. The lowest BCUT2D eigenvalue weighted by atomic mass is 10.0. The van der Waals surface area contributed by atoms with E-state index in [1.807, 2.05) is 52.0 Å². The molecule has 0 bridgehead atoms. The Hall–Kier alpha value is -3.12. The summed E-state index contributed by atoms with van der Waals surface area (Å²) in [5, 5.41) is 11.1. The Bertz CT molecular complexity index is 1070. The molecule has 0 aliphatic heterocycles. The van der Waals surface area contributed by atoms with E-state index in [9.17, 15) is 14.7 Å². The highest BCUT2D eigenvalue weighted by Crippen LogP contribution is 2.20. The maximum absolute atomic E-state index is 11.5. The summed E-state index contributed by atoms with van der Waals surface area (Å²) in [6.45, 7) is 9.42. The number of benzene rings is 1. The summed E-state index contributed by atoms with van der Waals surface area (Å²) >= 11 is 0. The standard InChI is InChI=1S/C26H32O6/c1-17(2)6-10-24(28)19(4)15-23(31-20(5)27)14-18(3)12-13-30-22-9-7-21-8-11-26(29)32-25(21)16-22/h6-9,11-12,15-16,23-24,28H,10,13-14H2,1-5H3/t23-,24+/m0/s1. The molecule has 0 saturated heterocycles. The van der Waals surface area contributed by atoms with E-state index in [-0.39, 0.29) is 5.97 Å². The third-order valence-corrected chi connectivity index (χ3v) is 4.84. The van der Waals surface area contributed by atoms with Crippen LogP contribution >= 0.6 is 0 Å². The lowest BCUT2D eigenvalue weighted by Crippen LogP contribution is -2.17. The first kappa shape index (κ1) is 25.1. The first-order valence-electron chi connectivity index (χ1n) is 10.6. The number of carbonyl (C=O) groups excluding carboxylic acids is 1. The van der Waals surface area contributed by atoms with E-state index in [0.29, 0.717) is 30.8 Å². The van der Waals surface area contributed by atoms with Gasteiger partial charge in [-0.3, -0.25) is 4.79 Å². The van der Waals surface area contributed by atoms with Crippen molar-refractivity contribution in [3.05, 3.63) is 75.7 Å². The molecule has 1 aromatic heterocycles. The van der Waals surface area contributed by atoms with Crippen LogP contribution in [0.1, 0.15) is 47.5 Å². The molecular weight excluding hydrogens is 408 g/mol. The van der Waals surface area contributed by atoms with E-state index < -0.39 is 17.8 Å². The maximum Gasteiger partial charge on any atom is 0.336 e. The third-order valence-electron chi connectivity index (χ3n) is 4.84. The zero-order valence-electron chi connectivity index (χ0n) is 19.4. The molecule has 1 aromatic carbocycles. The number of aliphatic hydroxyl groups is 1. The van der Waals surface area contributed by atoms with Crippen LogP contribution in [0.15, 0.2) is 74.5 Å². The van der Waals surface area contributed by atoms with Gasteiger partial charge < -0.3 is 19.0 Å². The van der Waals surface area contributed by atoms with Gasteiger partial charge in [0.1, 0.15) is 24.0 Å². The predicted molar refractivity (Wildman–Crippen MR) is 126 cm³/mol. The summed E-state index contributed by atoms with van der Waals surface area (Å²) in [5.74, 6) is 0.213. The number of aliphatic hydroxyl groups excluding tert-OH is 1. The molecule has 32 heavy (non-hydrogen) atoms. The highest BCUT2D eigenvalue weighted by atomic mass is 16.5. The summed E-state index contributed by atoms with van der Waals surface area (Å²) in [5.41, 5.74) is 2.94. The Morgan fingerprint density at radius 3 is 2.50 bits per heavy atom. The second-order valence-corrected chi connectivity index (χ2v) is 8.11. The first-order valence-corrected chi connectivity index (χ1v) is 10.6. The molecule has 2 aromatic rings. The number of carbonyl (C=O) groups is 1. The molecule has 0 unspecified atom stereocenters. The number of hydrogen-bond donors (Lipinski definition) is 1. The van der Waals surface area contributed by atoms with Crippen molar-refractivity contribution < 1.29 is 23.8 Å². The number of fused-ring (bicyclic) bond motifs is 1. The average Bonchev–Trinajstić information content (AvgIpc) is 2.71. The highest BCUT2D eigenvalue weighted by molar-refractivity contribution is 5.77. The molecule has 0 radical (unpaired) electrons. The van der Waals surface area contributed by atoms with E-state index in [4.69, 9.17) is 13.9 Å². The van der Waals surface area contributed by atoms with Crippen molar-refractivity contribution in [3.63, 3.8) is 0 Å². The minimum absolute atomic E-state index is 0.313. The number of hydrogen-bond acceptors (Lipinski definition) is 6. The normalized spacial score (nSPS) is 14.1. The Morgan fingerprint density at radius 2 is 1.81 bits per heavy atom. The van der Waals surface area contributed by atoms with Crippen LogP contribution in [0.5, 0.6) is 5.75 Å². The third kappa shape index (κ3) is 8.55. The van der Waals surface area contributed by atoms with Gasteiger partial charge in [-0.25, -0.2) is 4.79 Å². The molecule has 2 atom stereocenters. The molecule has 2 rings (SSSR count). The van der Waals surface area contributed by atoms with E-state index in [0.717, 1.165) is 22.1 Å². The van der Waals surface area contributed by atoms with Gasteiger partial charge in [-0.05, 0) is 70.0 Å². The van der Waals surface area contributed by atoms with Gasteiger partial charge in [-0.1, -0.05) is 17.2 Å². The number of esters is 1. The van der Waals surface area contributed by atoms with Crippen LogP contribution < -0.4 is 10.4 Å². The molecule has 6 nitrogen and oxygen atoms in total. The van der Waals surface area contributed by atoms with E-state index in [1.54, 1.807) is 18.2 Å². The summed E-state index contributed by atoms with van der Waals surface area (Å²) in [6.07, 6.45) is 5.60. The van der Waals surface area contributed by atoms with Crippen LogP contribution in [0.2, 0.25) is 0 Å². The Morgan fingerprint density at radius 1 is 1.09 bits per heavy atom. The minimum Gasteiger partial charge on any atom is -0.489 e. The van der Waals surface area contributed by atoms with Gasteiger partial charge >= 0.3 is 11.6 Å². The fourth-order valence-corrected chi connectivity index (χ4v) is 3.10. The number of allylic oxidation sites excluding steroid dienone is 1.